The molecule has 1 atom stereocenters. The molecule has 3 aromatic carbocycles. The van der Waals surface area contributed by atoms with Crippen LogP contribution >= 0.6 is 15.9 Å². The van der Waals surface area contributed by atoms with Gasteiger partial charge in [0.15, 0.2) is 0 Å². The van der Waals surface area contributed by atoms with Crippen LogP contribution in [0.25, 0.3) is 0 Å². The van der Waals surface area contributed by atoms with Gasteiger partial charge in [-0.3, -0.25) is 13.9 Å². The van der Waals surface area contributed by atoms with Gasteiger partial charge in [0, 0.05) is 17.6 Å². The first-order chi connectivity index (χ1) is 18.0. The number of carbonyl (C=O) groups is 2. The Morgan fingerprint density at radius 3 is 2.21 bits per heavy atom. The zero-order valence-electron chi connectivity index (χ0n) is 22.1. The Balaban J connectivity index is 2.01. The van der Waals surface area contributed by atoms with Gasteiger partial charge in [-0.1, -0.05) is 78.3 Å². The summed E-state index contributed by atoms with van der Waals surface area (Å²) in [6.45, 7) is 7.59. The minimum Gasteiger partial charge on any atom is -0.354 e. The number of aryl methyl sites for hydroxylation is 1. The van der Waals surface area contributed by atoms with Crippen LogP contribution in [-0.2, 0) is 26.2 Å². The van der Waals surface area contributed by atoms with Gasteiger partial charge >= 0.3 is 0 Å². The standard InChI is InChI=1S/C29H34BrN3O4S/c1-21(2)18-31-29(35)23(4)32(19-24-12-10-13-25(30)17-24)28(34)20-33(27-16-9-8-11-22(27)3)38(36,37)26-14-6-5-7-15-26/h5-17,21,23H,18-20H2,1-4H3,(H,31,35). The van der Waals surface area contributed by atoms with Gasteiger partial charge < -0.3 is 10.2 Å². The van der Waals surface area contributed by atoms with Crippen LogP contribution in [0.5, 0.6) is 0 Å². The second kappa shape index (κ2) is 13.1. The number of nitrogens with one attached hydrogen (secondary N) is 1. The lowest BCUT2D eigenvalue weighted by Crippen LogP contribution is -2.51. The number of halogens is 1. The lowest BCUT2D eigenvalue weighted by Gasteiger charge is -2.32. The van der Waals surface area contributed by atoms with Crippen molar-refractivity contribution in [2.45, 2.75) is 45.2 Å². The SMILES string of the molecule is Cc1ccccc1N(CC(=O)N(Cc1cccc(Br)c1)C(C)C(=O)NCC(C)C)S(=O)(=O)c1ccccc1. The molecule has 0 aromatic heterocycles. The predicted molar refractivity (Wildman–Crippen MR) is 154 cm³/mol. The smallest absolute Gasteiger partial charge is 0.264 e. The van der Waals surface area contributed by atoms with Crippen LogP contribution in [0, 0.1) is 12.8 Å². The molecule has 1 unspecified atom stereocenters. The summed E-state index contributed by atoms with van der Waals surface area (Å²) >= 11 is 3.46. The van der Waals surface area contributed by atoms with Crippen LogP contribution in [-0.4, -0.2) is 44.3 Å². The zero-order chi connectivity index (χ0) is 27.9. The van der Waals surface area contributed by atoms with Gasteiger partial charge in [-0.15, -0.1) is 0 Å². The quantitative estimate of drug-likeness (QED) is 0.330. The van der Waals surface area contributed by atoms with E-state index in [2.05, 4.69) is 21.2 Å². The number of hydrogen-bond acceptors (Lipinski definition) is 4. The summed E-state index contributed by atoms with van der Waals surface area (Å²) in [6.07, 6.45) is 0. The third-order valence-corrected chi connectivity index (χ3v) is 8.36. The highest BCUT2D eigenvalue weighted by atomic mass is 79.9. The first kappa shape index (κ1) is 29.4. The Labute approximate surface area is 234 Å². The highest BCUT2D eigenvalue weighted by molar-refractivity contribution is 9.10. The molecule has 0 heterocycles. The number of carbonyl (C=O) groups excluding carboxylic acids is 2. The van der Waals surface area contributed by atoms with Crippen molar-refractivity contribution in [1.82, 2.24) is 10.2 Å². The number of nitrogens with zero attached hydrogens (tertiary/aromatic N) is 2. The van der Waals surface area contributed by atoms with Gasteiger partial charge in [0.1, 0.15) is 12.6 Å². The summed E-state index contributed by atoms with van der Waals surface area (Å²) in [7, 11) is -4.07. The van der Waals surface area contributed by atoms with E-state index in [0.717, 1.165) is 14.3 Å². The monoisotopic (exact) mass is 599 g/mol. The maximum atomic E-state index is 13.9. The maximum Gasteiger partial charge on any atom is 0.264 e. The molecule has 0 saturated carbocycles. The van der Waals surface area contributed by atoms with Crippen molar-refractivity contribution in [2.24, 2.45) is 5.92 Å². The van der Waals surface area contributed by atoms with Crippen molar-refractivity contribution < 1.29 is 18.0 Å². The summed E-state index contributed by atoms with van der Waals surface area (Å²) < 4.78 is 29.6. The van der Waals surface area contributed by atoms with Crippen molar-refractivity contribution >= 4 is 43.5 Å². The van der Waals surface area contributed by atoms with E-state index in [9.17, 15) is 18.0 Å². The van der Waals surface area contributed by atoms with E-state index in [1.165, 1.54) is 17.0 Å². The average molecular weight is 601 g/mol. The molecule has 7 nitrogen and oxygen atoms in total. The largest absolute Gasteiger partial charge is 0.354 e. The molecule has 0 radical (unpaired) electrons. The fourth-order valence-corrected chi connectivity index (χ4v) is 5.89. The number of para-hydroxylation sites is 1. The lowest BCUT2D eigenvalue weighted by molar-refractivity contribution is -0.139. The number of sulfonamides is 1. The molecule has 0 aliphatic rings. The Morgan fingerprint density at radius 2 is 1.58 bits per heavy atom. The highest BCUT2D eigenvalue weighted by Crippen LogP contribution is 2.27. The zero-order valence-corrected chi connectivity index (χ0v) is 24.5. The molecular weight excluding hydrogens is 566 g/mol. The van der Waals surface area contributed by atoms with E-state index >= 15 is 0 Å². The molecule has 1 N–H and O–H groups in total. The van der Waals surface area contributed by atoms with Gasteiger partial charge in [0.05, 0.1) is 10.6 Å². The van der Waals surface area contributed by atoms with E-state index in [4.69, 9.17) is 0 Å². The van der Waals surface area contributed by atoms with Gasteiger partial charge in [0.2, 0.25) is 11.8 Å². The van der Waals surface area contributed by atoms with E-state index in [1.54, 1.807) is 50.2 Å². The fraction of sp³-hybridized carbons (Fsp3) is 0.310. The summed E-state index contributed by atoms with van der Waals surface area (Å²) in [5, 5.41) is 2.89. The molecule has 3 rings (SSSR count). The van der Waals surface area contributed by atoms with Crippen molar-refractivity contribution in [1.29, 1.82) is 0 Å². The number of rotatable bonds is 11. The third kappa shape index (κ3) is 7.45. The van der Waals surface area contributed by atoms with Gasteiger partial charge in [0.25, 0.3) is 10.0 Å². The first-order valence-corrected chi connectivity index (χ1v) is 14.7. The van der Waals surface area contributed by atoms with Gasteiger partial charge in [-0.2, -0.15) is 0 Å². The number of benzene rings is 3. The molecule has 202 valence electrons. The molecule has 0 fully saturated rings. The van der Waals surface area contributed by atoms with Crippen LogP contribution in [0.3, 0.4) is 0 Å². The van der Waals surface area contributed by atoms with Crippen molar-refractivity contribution in [3.8, 4) is 0 Å². The van der Waals surface area contributed by atoms with Crippen LogP contribution in [0.2, 0.25) is 0 Å². The van der Waals surface area contributed by atoms with E-state index in [1.807, 2.05) is 44.2 Å². The average Bonchev–Trinajstić information content (AvgIpc) is 2.89. The molecule has 0 aliphatic heterocycles. The molecule has 2 amide bonds. The highest BCUT2D eigenvalue weighted by Gasteiger charge is 2.33. The Kier molecular flexibility index (Phi) is 10.1. The Bertz CT molecular complexity index is 1360. The molecule has 0 spiro atoms. The molecular formula is C29H34BrN3O4S. The van der Waals surface area contributed by atoms with E-state index < -0.39 is 28.5 Å². The molecule has 0 aliphatic carbocycles. The summed E-state index contributed by atoms with van der Waals surface area (Å²) in [5.74, 6) is -0.539. The minimum atomic E-state index is -4.07. The van der Waals surface area contributed by atoms with Crippen molar-refractivity contribution in [3.63, 3.8) is 0 Å². The van der Waals surface area contributed by atoms with Crippen molar-refractivity contribution in [2.75, 3.05) is 17.4 Å². The normalized spacial score (nSPS) is 12.2. The maximum absolute atomic E-state index is 13.9. The van der Waals surface area contributed by atoms with Crippen LogP contribution < -0.4 is 9.62 Å². The molecule has 38 heavy (non-hydrogen) atoms. The molecule has 0 saturated heterocycles. The van der Waals surface area contributed by atoms with Gasteiger partial charge in [-0.05, 0) is 61.2 Å². The fourth-order valence-electron chi connectivity index (χ4n) is 3.94. The molecule has 0 bridgehead atoms. The van der Waals surface area contributed by atoms with Crippen LogP contribution in [0.15, 0.2) is 88.2 Å². The molecule has 9 heteroatoms. The van der Waals surface area contributed by atoms with E-state index in [0.29, 0.717) is 17.8 Å². The number of amides is 2. The summed E-state index contributed by atoms with van der Waals surface area (Å²) in [4.78, 5) is 28.5. The Hall–Kier alpha value is -3.17. The number of anilines is 1. The van der Waals surface area contributed by atoms with Crippen LogP contribution in [0.4, 0.5) is 5.69 Å². The Morgan fingerprint density at radius 1 is 0.921 bits per heavy atom. The van der Waals surface area contributed by atoms with Gasteiger partial charge in [-0.25, -0.2) is 8.42 Å². The minimum absolute atomic E-state index is 0.0808. The van der Waals surface area contributed by atoms with Crippen molar-refractivity contribution in [3.05, 3.63) is 94.5 Å². The summed E-state index contributed by atoms with van der Waals surface area (Å²) in [6, 6.07) is 21.7. The second-order valence-electron chi connectivity index (χ2n) is 9.58. The lowest BCUT2D eigenvalue weighted by atomic mass is 10.1. The predicted octanol–water partition coefficient (Wildman–Crippen LogP) is 5.14. The molecule has 3 aromatic rings. The topological polar surface area (TPSA) is 86.8 Å². The van der Waals surface area contributed by atoms with Crippen LogP contribution in [0.1, 0.15) is 31.9 Å². The summed E-state index contributed by atoms with van der Waals surface area (Å²) in [5.41, 5.74) is 1.93. The number of hydrogen-bond donors (Lipinski definition) is 1. The third-order valence-electron chi connectivity index (χ3n) is 6.09. The second-order valence-corrected chi connectivity index (χ2v) is 12.4. The van der Waals surface area contributed by atoms with E-state index in [-0.39, 0.29) is 23.3 Å². The first-order valence-electron chi connectivity index (χ1n) is 12.5.